The Morgan fingerprint density at radius 3 is 2.93 bits per heavy atom. The van der Waals surface area contributed by atoms with Gasteiger partial charge in [-0.05, 0) is 38.7 Å². The smallest absolute Gasteiger partial charge is 0.268 e. The predicted octanol–water partition coefficient (Wildman–Crippen LogP) is 2.39. The first kappa shape index (κ1) is 17.7. The second kappa shape index (κ2) is 6.79. The number of para-hydroxylation sites is 2. The van der Waals surface area contributed by atoms with E-state index in [-0.39, 0.29) is 11.5 Å². The van der Waals surface area contributed by atoms with Gasteiger partial charge >= 0.3 is 0 Å². The summed E-state index contributed by atoms with van der Waals surface area (Å²) in [4.78, 5) is 38.0. The number of ether oxygens (including phenoxy) is 1. The number of aromatic nitrogens is 2. The van der Waals surface area contributed by atoms with Gasteiger partial charge in [0.05, 0.1) is 29.0 Å². The predicted molar refractivity (Wildman–Crippen MR) is 106 cm³/mol. The highest BCUT2D eigenvalue weighted by atomic mass is 32.1. The van der Waals surface area contributed by atoms with Crippen LogP contribution in [0.25, 0.3) is 10.2 Å². The number of aromatic amines is 1. The summed E-state index contributed by atoms with van der Waals surface area (Å²) < 4.78 is 5.64. The summed E-state index contributed by atoms with van der Waals surface area (Å²) in [5.74, 6) is 1.16. The van der Waals surface area contributed by atoms with Crippen molar-refractivity contribution in [1.29, 1.82) is 0 Å². The topological polar surface area (TPSA) is 78.5 Å². The number of H-pyrrole nitrogens is 1. The summed E-state index contributed by atoms with van der Waals surface area (Å²) in [6, 6.07) is 7.49. The van der Waals surface area contributed by atoms with Crippen LogP contribution in [0.5, 0.6) is 5.75 Å². The highest BCUT2D eigenvalue weighted by Gasteiger charge is 2.28. The maximum absolute atomic E-state index is 13.3. The van der Waals surface area contributed by atoms with E-state index in [2.05, 4.69) is 9.97 Å². The molecule has 0 saturated heterocycles. The van der Waals surface area contributed by atoms with E-state index >= 15 is 0 Å². The Morgan fingerprint density at radius 2 is 2.15 bits per heavy atom. The van der Waals surface area contributed by atoms with Gasteiger partial charge in [0.15, 0.2) is 0 Å². The molecule has 1 aromatic carbocycles. The van der Waals surface area contributed by atoms with Gasteiger partial charge in [0.2, 0.25) is 0 Å². The molecule has 1 aliphatic heterocycles. The van der Waals surface area contributed by atoms with Crippen molar-refractivity contribution in [3.8, 4) is 5.75 Å². The SMILES string of the molecule is Cc1c(C(=O)N2CCOc3ccccc32)sc2nc(CN(C)C)[nH]c(=O)c12. The zero-order valence-electron chi connectivity index (χ0n) is 15.4. The summed E-state index contributed by atoms with van der Waals surface area (Å²) in [5, 5.41) is 0.493. The molecule has 1 N–H and O–H groups in total. The number of hydrogen-bond acceptors (Lipinski definition) is 6. The number of anilines is 1. The zero-order valence-corrected chi connectivity index (χ0v) is 16.2. The lowest BCUT2D eigenvalue weighted by molar-refractivity contribution is 0.0980. The Morgan fingerprint density at radius 1 is 1.37 bits per heavy atom. The van der Waals surface area contributed by atoms with Crippen LogP contribution >= 0.6 is 11.3 Å². The fraction of sp³-hybridized carbons (Fsp3) is 0.316. The van der Waals surface area contributed by atoms with E-state index in [0.29, 0.717) is 51.9 Å². The number of rotatable bonds is 3. The molecule has 7 nitrogen and oxygen atoms in total. The van der Waals surface area contributed by atoms with Crippen LogP contribution in [-0.4, -0.2) is 48.0 Å². The summed E-state index contributed by atoms with van der Waals surface area (Å²) in [7, 11) is 3.82. The first-order chi connectivity index (χ1) is 13.0. The Hall–Kier alpha value is -2.71. The zero-order chi connectivity index (χ0) is 19.1. The first-order valence-electron chi connectivity index (χ1n) is 8.66. The number of carbonyl (C=O) groups is 1. The quantitative estimate of drug-likeness (QED) is 0.750. The van der Waals surface area contributed by atoms with Gasteiger partial charge < -0.3 is 19.5 Å². The Bertz CT molecular complexity index is 1090. The van der Waals surface area contributed by atoms with E-state index in [1.165, 1.54) is 11.3 Å². The van der Waals surface area contributed by atoms with Crippen molar-refractivity contribution in [1.82, 2.24) is 14.9 Å². The summed E-state index contributed by atoms with van der Waals surface area (Å²) in [6.07, 6.45) is 0. The van der Waals surface area contributed by atoms with Gasteiger partial charge in [-0.2, -0.15) is 0 Å². The standard InChI is InChI=1S/C19H20N4O3S/c1-11-15-17(24)20-14(10-22(2)3)21-18(15)27-16(11)19(25)23-8-9-26-13-7-5-4-6-12(13)23/h4-7H,8-10H2,1-3H3,(H,20,21,24). The second-order valence-corrected chi connectivity index (χ2v) is 7.76. The fourth-order valence-corrected chi connectivity index (χ4v) is 4.42. The lowest BCUT2D eigenvalue weighted by atomic mass is 10.1. The Balaban J connectivity index is 1.78. The number of benzene rings is 1. The number of fused-ring (bicyclic) bond motifs is 2. The van der Waals surface area contributed by atoms with Gasteiger partial charge in [-0.1, -0.05) is 12.1 Å². The van der Waals surface area contributed by atoms with Crippen molar-refractivity contribution in [3.05, 3.63) is 50.9 Å². The van der Waals surface area contributed by atoms with Gasteiger partial charge in [0, 0.05) is 0 Å². The van der Waals surface area contributed by atoms with Crippen LogP contribution in [-0.2, 0) is 6.54 Å². The van der Waals surface area contributed by atoms with Crippen molar-refractivity contribution in [2.45, 2.75) is 13.5 Å². The molecule has 1 aliphatic rings. The number of amides is 1. The third kappa shape index (κ3) is 3.11. The van der Waals surface area contributed by atoms with E-state index in [9.17, 15) is 9.59 Å². The molecular formula is C19H20N4O3S. The van der Waals surface area contributed by atoms with E-state index in [1.54, 1.807) is 11.8 Å². The molecule has 4 rings (SSSR count). The molecule has 140 valence electrons. The molecule has 27 heavy (non-hydrogen) atoms. The van der Waals surface area contributed by atoms with Crippen LogP contribution in [0.3, 0.4) is 0 Å². The molecule has 0 saturated carbocycles. The lowest BCUT2D eigenvalue weighted by Gasteiger charge is -2.29. The molecule has 3 heterocycles. The molecule has 0 bridgehead atoms. The second-order valence-electron chi connectivity index (χ2n) is 6.76. The van der Waals surface area contributed by atoms with Crippen LogP contribution in [0, 0.1) is 6.92 Å². The van der Waals surface area contributed by atoms with Crippen LogP contribution in [0.1, 0.15) is 21.1 Å². The number of nitrogens with one attached hydrogen (secondary N) is 1. The van der Waals surface area contributed by atoms with Gasteiger partial charge in [-0.15, -0.1) is 11.3 Å². The average molecular weight is 384 g/mol. The molecule has 0 radical (unpaired) electrons. The fourth-order valence-electron chi connectivity index (χ4n) is 3.27. The number of aryl methyl sites for hydroxylation is 1. The molecule has 0 fully saturated rings. The monoisotopic (exact) mass is 384 g/mol. The van der Waals surface area contributed by atoms with Gasteiger partial charge in [0.25, 0.3) is 11.5 Å². The number of carbonyl (C=O) groups excluding carboxylic acids is 1. The minimum absolute atomic E-state index is 0.125. The molecule has 8 heteroatoms. The highest BCUT2D eigenvalue weighted by molar-refractivity contribution is 7.20. The van der Waals surface area contributed by atoms with Gasteiger partial charge in [0.1, 0.15) is 23.0 Å². The Labute approximate surface area is 160 Å². The molecular weight excluding hydrogens is 364 g/mol. The number of thiophene rings is 1. The lowest BCUT2D eigenvalue weighted by Crippen LogP contribution is -2.37. The van der Waals surface area contributed by atoms with Crippen LogP contribution < -0.4 is 15.2 Å². The average Bonchev–Trinajstić information content (AvgIpc) is 2.97. The van der Waals surface area contributed by atoms with Crippen LogP contribution in [0.15, 0.2) is 29.1 Å². The van der Waals surface area contributed by atoms with Gasteiger partial charge in [-0.25, -0.2) is 4.98 Å². The summed E-state index contributed by atoms with van der Waals surface area (Å²) >= 11 is 1.27. The Kier molecular flexibility index (Phi) is 4.45. The van der Waals surface area contributed by atoms with E-state index in [1.807, 2.05) is 43.3 Å². The molecule has 0 aliphatic carbocycles. The molecule has 0 spiro atoms. The first-order valence-corrected chi connectivity index (χ1v) is 9.48. The van der Waals surface area contributed by atoms with Crippen molar-refractivity contribution < 1.29 is 9.53 Å². The number of nitrogens with zero attached hydrogens (tertiary/aromatic N) is 3. The number of hydrogen-bond donors (Lipinski definition) is 1. The summed E-state index contributed by atoms with van der Waals surface area (Å²) in [6.45, 7) is 3.25. The van der Waals surface area contributed by atoms with Crippen molar-refractivity contribution in [3.63, 3.8) is 0 Å². The normalized spacial score (nSPS) is 13.7. The van der Waals surface area contributed by atoms with Crippen molar-refractivity contribution in [2.24, 2.45) is 0 Å². The van der Waals surface area contributed by atoms with E-state index < -0.39 is 0 Å². The van der Waals surface area contributed by atoms with Crippen molar-refractivity contribution in [2.75, 3.05) is 32.1 Å². The minimum atomic E-state index is -0.202. The maximum atomic E-state index is 13.3. The van der Waals surface area contributed by atoms with Crippen LogP contribution in [0.2, 0.25) is 0 Å². The molecule has 0 atom stereocenters. The van der Waals surface area contributed by atoms with Gasteiger partial charge in [-0.3, -0.25) is 9.59 Å². The molecule has 1 amide bonds. The van der Waals surface area contributed by atoms with Crippen molar-refractivity contribution >= 4 is 33.1 Å². The largest absolute Gasteiger partial charge is 0.490 e. The third-order valence-electron chi connectivity index (χ3n) is 4.48. The highest BCUT2D eigenvalue weighted by Crippen LogP contribution is 2.35. The maximum Gasteiger partial charge on any atom is 0.268 e. The molecule has 2 aromatic heterocycles. The summed E-state index contributed by atoms with van der Waals surface area (Å²) in [5.41, 5.74) is 1.22. The molecule has 0 unspecified atom stereocenters. The van der Waals surface area contributed by atoms with Crippen LogP contribution in [0.4, 0.5) is 5.69 Å². The molecule has 3 aromatic rings. The third-order valence-corrected chi connectivity index (χ3v) is 5.66. The van der Waals surface area contributed by atoms with E-state index in [0.717, 1.165) is 5.69 Å². The van der Waals surface area contributed by atoms with E-state index in [4.69, 9.17) is 4.74 Å². The minimum Gasteiger partial charge on any atom is -0.490 e.